The van der Waals surface area contributed by atoms with Crippen molar-refractivity contribution in [3.8, 4) is 0 Å². The number of hydrogen-bond acceptors (Lipinski definition) is 3. The van der Waals surface area contributed by atoms with Crippen molar-refractivity contribution in [3.63, 3.8) is 0 Å². The topological polar surface area (TPSA) is 51.2 Å². The molecule has 0 saturated heterocycles. The quantitative estimate of drug-likeness (QED) is 0.731. The molecule has 0 saturated carbocycles. The Bertz CT molecular complexity index is 654. The number of rotatable bonds is 2. The highest BCUT2D eigenvalue weighted by molar-refractivity contribution is 5.81. The Morgan fingerprint density at radius 2 is 2.12 bits per heavy atom. The number of aliphatic hydroxyl groups excluding tert-OH is 1. The molecular formula is C13H12N2O2. The molecule has 0 amide bonds. The second kappa shape index (κ2) is 3.75. The highest BCUT2D eigenvalue weighted by atomic mass is 16.3. The minimum atomic E-state index is -0.750. The van der Waals surface area contributed by atoms with Crippen LogP contribution in [0.5, 0.6) is 0 Å². The molecule has 4 nitrogen and oxygen atoms in total. The average molecular weight is 228 g/mol. The van der Waals surface area contributed by atoms with E-state index in [2.05, 4.69) is 5.10 Å². The molecule has 0 radical (unpaired) electrons. The van der Waals surface area contributed by atoms with Gasteiger partial charge in [-0.25, -0.2) is 0 Å². The molecule has 0 aliphatic heterocycles. The Hall–Kier alpha value is -2.07. The number of furan rings is 1. The fourth-order valence-corrected chi connectivity index (χ4v) is 1.95. The predicted molar refractivity (Wildman–Crippen MR) is 63.5 cm³/mol. The SMILES string of the molecule is Cn1ccc(C(O)c2coc3ccccc23)n1. The van der Waals surface area contributed by atoms with E-state index in [0.29, 0.717) is 5.69 Å². The fraction of sp³-hybridized carbons (Fsp3) is 0.154. The summed E-state index contributed by atoms with van der Waals surface area (Å²) in [6.45, 7) is 0. The van der Waals surface area contributed by atoms with Crippen molar-refractivity contribution in [3.05, 3.63) is 54.0 Å². The van der Waals surface area contributed by atoms with E-state index < -0.39 is 6.10 Å². The Kier molecular flexibility index (Phi) is 2.23. The Morgan fingerprint density at radius 3 is 2.88 bits per heavy atom. The largest absolute Gasteiger partial charge is 0.464 e. The van der Waals surface area contributed by atoms with Gasteiger partial charge in [-0.15, -0.1) is 0 Å². The van der Waals surface area contributed by atoms with Crippen LogP contribution in [-0.2, 0) is 7.05 Å². The van der Waals surface area contributed by atoms with E-state index in [4.69, 9.17) is 4.42 Å². The molecule has 0 aliphatic rings. The van der Waals surface area contributed by atoms with Crippen molar-refractivity contribution in [1.82, 2.24) is 9.78 Å². The van der Waals surface area contributed by atoms with Gasteiger partial charge in [0.2, 0.25) is 0 Å². The van der Waals surface area contributed by atoms with Gasteiger partial charge in [0.15, 0.2) is 0 Å². The summed E-state index contributed by atoms with van der Waals surface area (Å²) in [6.07, 6.45) is 2.64. The van der Waals surface area contributed by atoms with Gasteiger partial charge in [0.25, 0.3) is 0 Å². The molecule has 0 fully saturated rings. The number of aryl methyl sites for hydroxylation is 1. The van der Waals surface area contributed by atoms with Gasteiger partial charge >= 0.3 is 0 Å². The van der Waals surface area contributed by atoms with Gasteiger partial charge in [0, 0.05) is 24.2 Å². The fourth-order valence-electron chi connectivity index (χ4n) is 1.95. The zero-order chi connectivity index (χ0) is 11.8. The molecule has 1 aromatic carbocycles. The lowest BCUT2D eigenvalue weighted by atomic mass is 10.1. The van der Waals surface area contributed by atoms with Crippen molar-refractivity contribution < 1.29 is 9.52 Å². The molecule has 1 unspecified atom stereocenters. The second-order valence-electron chi connectivity index (χ2n) is 4.00. The summed E-state index contributed by atoms with van der Waals surface area (Å²) in [4.78, 5) is 0. The number of hydrogen-bond donors (Lipinski definition) is 1. The molecule has 17 heavy (non-hydrogen) atoms. The molecule has 0 bridgehead atoms. The summed E-state index contributed by atoms with van der Waals surface area (Å²) in [5, 5.41) is 15.4. The van der Waals surface area contributed by atoms with E-state index >= 15 is 0 Å². The maximum atomic E-state index is 10.3. The van der Waals surface area contributed by atoms with Gasteiger partial charge in [-0.2, -0.15) is 5.10 Å². The van der Waals surface area contributed by atoms with Crippen LogP contribution in [-0.4, -0.2) is 14.9 Å². The predicted octanol–water partition coefficient (Wildman–Crippen LogP) is 2.25. The molecule has 1 N–H and O–H groups in total. The highest BCUT2D eigenvalue weighted by Gasteiger charge is 2.18. The van der Waals surface area contributed by atoms with Crippen LogP contribution in [0.3, 0.4) is 0 Å². The second-order valence-corrected chi connectivity index (χ2v) is 4.00. The highest BCUT2D eigenvalue weighted by Crippen LogP contribution is 2.29. The summed E-state index contributed by atoms with van der Waals surface area (Å²) in [7, 11) is 1.82. The van der Waals surface area contributed by atoms with Crippen LogP contribution in [0.4, 0.5) is 0 Å². The van der Waals surface area contributed by atoms with E-state index in [1.807, 2.05) is 31.3 Å². The minimum Gasteiger partial charge on any atom is -0.464 e. The van der Waals surface area contributed by atoms with Gasteiger partial charge in [0.1, 0.15) is 11.7 Å². The molecule has 0 spiro atoms. The molecular weight excluding hydrogens is 216 g/mol. The number of fused-ring (bicyclic) bond motifs is 1. The van der Waals surface area contributed by atoms with E-state index in [9.17, 15) is 5.11 Å². The van der Waals surface area contributed by atoms with E-state index in [1.54, 1.807) is 23.2 Å². The van der Waals surface area contributed by atoms with Crippen LogP contribution in [0.2, 0.25) is 0 Å². The van der Waals surface area contributed by atoms with Crippen LogP contribution in [0.15, 0.2) is 47.2 Å². The molecule has 86 valence electrons. The van der Waals surface area contributed by atoms with Gasteiger partial charge in [-0.05, 0) is 12.1 Å². The molecule has 2 aromatic heterocycles. The number of aliphatic hydroxyl groups is 1. The number of aromatic nitrogens is 2. The summed E-state index contributed by atoms with van der Waals surface area (Å²) < 4.78 is 7.07. The normalized spacial score (nSPS) is 13.1. The summed E-state index contributed by atoms with van der Waals surface area (Å²) >= 11 is 0. The van der Waals surface area contributed by atoms with Crippen LogP contribution in [0.25, 0.3) is 11.0 Å². The Morgan fingerprint density at radius 1 is 1.29 bits per heavy atom. The molecule has 4 heteroatoms. The van der Waals surface area contributed by atoms with Gasteiger partial charge in [-0.1, -0.05) is 18.2 Å². The van der Waals surface area contributed by atoms with Crippen molar-refractivity contribution in [2.45, 2.75) is 6.10 Å². The Labute approximate surface area is 98.1 Å². The van der Waals surface area contributed by atoms with E-state index in [1.165, 1.54) is 0 Å². The maximum absolute atomic E-state index is 10.3. The number of para-hydroxylation sites is 1. The third-order valence-electron chi connectivity index (χ3n) is 2.82. The van der Waals surface area contributed by atoms with Crippen LogP contribution >= 0.6 is 0 Å². The van der Waals surface area contributed by atoms with Crippen LogP contribution in [0, 0.1) is 0 Å². The van der Waals surface area contributed by atoms with E-state index in [-0.39, 0.29) is 0 Å². The van der Waals surface area contributed by atoms with Crippen molar-refractivity contribution >= 4 is 11.0 Å². The van der Waals surface area contributed by atoms with Crippen LogP contribution in [0.1, 0.15) is 17.4 Å². The first-order valence-corrected chi connectivity index (χ1v) is 5.39. The number of nitrogens with zero attached hydrogens (tertiary/aromatic N) is 2. The summed E-state index contributed by atoms with van der Waals surface area (Å²) in [5.74, 6) is 0. The van der Waals surface area contributed by atoms with E-state index in [0.717, 1.165) is 16.5 Å². The maximum Gasteiger partial charge on any atom is 0.134 e. The first-order chi connectivity index (χ1) is 8.25. The summed E-state index contributed by atoms with van der Waals surface area (Å²) in [6, 6.07) is 9.44. The monoisotopic (exact) mass is 228 g/mol. The minimum absolute atomic E-state index is 0.624. The summed E-state index contributed by atoms with van der Waals surface area (Å²) in [5.41, 5.74) is 2.15. The third-order valence-corrected chi connectivity index (χ3v) is 2.82. The lowest BCUT2D eigenvalue weighted by Gasteiger charge is -2.05. The number of benzene rings is 1. The first kappa shape index (κ1) is 10.1. The molecule has 0 aliphatic carbocycles. The van der Waals surface area contributed by atoms with Gasteiger partial charge in [-0.3, -0.25) is 4.68 Å². The first-order valence-electron chi connectivity index (χ1n) is 5.39. The van der Waals surface area contributed by atoms with Gasteiger partial charge < -0.3 is 9.52 Å². The smallest absolute Gasteiger partial charge is 0.134 e. The molecule has 3 rings (SSSR count). The standard InChI is InChI=1S/C13H12N2O2/c1-15-7-6-11(14-15)13(16)10-8-17-12-5-3-2-4-9(10)12/h2-8,13,16H,1H3. The van der Waals surface area contributed by atoms with Crippen molar-refractivity contribution in [1.29, 1.82) is 0 Å². The van der Waals surface area contributed by atoms with Crippen molar-refractivity contribution in [2.75, 3.05) is 0 Å². The molecule has 1 atom stereocenters. The lowest BCUT2D eigenvalue weighted by Crippen LogP contribution is -2.00. The van der Waals surface area contributed by atoms with Gasteiger partial charge in [0.05, 0.1) is 12.0 Å². The van der Waals surface area contributed by atoms with Crippen LogP contribution < -0.4 is 0 Å². The zero-order valence-electron chi connectivity index (χ0n) is 9.37. The Balaban J connectivity index is 2.09. The van der Waals surface area contributed by atoms with Crippen molar-refractivity contribution in [2.24, 2.45) is 7.05 Å². The molecule has 2 heterocycles. The lowest BCUT2D eigenvalue weighted by molar-refractivity contribution is 0.214. The average Bonchev–Trinajstić information content (AvgIpc) is 2.94. The third kappa shape index (κ3) is 1.62. The zero-order valence-corrected chi connectivity index (χ0v) is 9.37. The molecule has 3 aromatic rings.